The molecule has 1 aliphatic heterocycles. The van der Waals surface area contributed by atoms with E-state index in [0.717, 1.165) is 11.3 Å². The van der Waals surface area contributed by atoms with Crippen LogP contribution < -0.4 is 4.90 Å². The van der Waals surface area contributed by atoms with Gasteiger partial charge in [-0.1, -0.05) is 18.0 Å². The molecular weight excluding hydrogens is 536 g/mol. The monoisotopic (exact) mass is 572 g/mol. The van der Waals surface area contributed by atoms with Gasteiger partial charge in [0.25, 0.3) is 15.9 Å². The lowest BCUT2D eigenvalue weighted by atomic mass is 10.1. The van der Waals surface area contributed by atoms with Crippen molar-refractivity contribution in [1.82, 2.24) is 9.21 Å². The summed E-state index contributed by atoms with van der Waals surface area (Å²) in [6.45, 7) is 6.22. The van der Waals surface area contributed by atoms with Crippen LogP contribution in [0.1, 0.15) is 56.3 Å². The predicted octanol–water partition coefficient (Wildman–Crippen LogP) is 4.56. The molecule has 212 valence electrons. The molecule has 1 fully saturated rings. The van der Waals surface area contributed by atoms with Crippen LogP contribution in [0.5, 0.6) is 0 Å². The van der Waals surface area contributed by atoms with Crippen molar-refractivity contribution in [3.05, 3.63) is 40.3 Å². The number of morpholine rings is 1. The summed E-state index contributed by atoms with van der Waals surface area (Å²) >= 11 is 6.07. The Morgan fingerprint density at radius 2 is 1.76 bits per heavy atom. The van der Waals surface area contributed by atoms with E-state index in [2.05, 4.69) is 10.0 Å². The first kappa shape index (κ1) is 31.6. The number of hydrogen-bond acceptors (Lipinski definition) is 7. The van der Waals surface area contributed by atoms with Crippen LogP contribution in [0, 0.1) is 0 Å². The molecule has 2 rings (SSSR count). The minimum absolute atomic E-state index is 0.111. The van der Waals surface area contributed by atoms with Crippen molar-refractivity contribution in [3.63, 3.8) is 0 Å². The number of amides is 2. The van der Waals surface area contributed by atoms with Crippen LogP contribution in [0.2, 0.25) is 0 Å². The fourth-order valence-corrected chi connectivity index (χ4v) is 5.90. The zero-order valence-corrected chi connectivity index (χ0v) is 23.6. The van der Waals surface area contributed by atoms with E-state index in [1.807, 2.05) is 13.8 Å². The minimum Gasteiger partial charge on any atom is -0.428 e. The second-order valence-electron chi connectivity index (χ2n) is 8.60. The second kappa shape index (κ2) is 16.4. The Morgan fingerprint density at radius 1 is 1.13 bits per heavy atom. The molecule has 1 aromatic carbocycles. The number of sulfonamides is 1. The first-order chi connectivity index (χ1) is 18.3. The average Bonchev–Trinajstić information content (AvgIpc) is 2.93. The zero-order chi connectivity index (χ0) is 28.0. The zero-order valence-electron chi connectivity index (χ0n) is 22.0. The largest absolute Gasteiger partial charge is 0.428 e. The molecule has 0 aliphatic carbocycles. The number of ether oxygens (including phenoxy) is 2. The van der Waals surface area contributed by atoms with Gasteiger partial charge in [0, 0.05) is 55.3 Å². The molecule has 0 aromatic heterocycles. The van der Waals surface area contributed by atoms with Gasteiger partial charge in [-0.05, 0) is 56.5 Å². The predicted molar refractivity (Wildman–Crippen MR) is 146 cm³/mol. The van der Waals surface area contributed by atoms with E-state index in [1.54, 1.807) is 29.2 Å². The number of carbonyl (C=O) groups excluding carboxylic acids is 2. The molecule has 0 saturated carbocycles. The summed E-state index contributed by atoms with van der Waals surface area (Å²) in [6.07, 6.45) is 1.85. The highest BCUT2D eigenvalue weighted by atomic mass is 35.5. The molecular formula is C24H37ClN6O6S. The van der Waals surface area contributed by atoms with Gasteiger partial charge >= 0.3 is 6.09 Å². The molecule has 1 unspecified atom stereocenters. The number of benzene rings is 1. The van der Waals surface area contributed by atoms with E-state index in [-0.39, 0.29) is 44.6 Å². The van der Waals surface area contributed by atoms with E-state index in [4.69, 9.17) is 26.6 Å². The molecule has 0 N–H and O–H groups in total. The summed E-state index contributed by atoms with van der Waals surface area (Å²) in [5.41, 5.74) is 7.82. The van der Waals surface area contributed by atoms with Gasteiger partial charge in [0.1, 0.15) is 6.00 Å². The first-order valence-corrected chi connectivity index (χ1v) is 14.8. The number of hydrogen-bond donors (Lipinski definition) is 0. The van der Waals surface area contributed by atoms with Gasteiger partial charge in [-0.25, -0.2) is 13.2 Å². The van der Waals surface area contributed by atoms with Gasteiger partial charge in [0.15, 0.2) is 0 Å². The molecule has 38 heavy (non-hydrogen) atoms. The number of azide groups is 1. The van der Waals surface area contributed by atoms with Crippen LogP contribution in [0.3, 0.4) is 0 Å². The van der Waals surface area contributed by atoms with Gasteiger partial charge in [-0.15, -0.1) is 11.6 Å². The first-order valence-electron chi connectivity index (χ1n) is 12.8. The molecule has 1 saturated heterocycles. The van der Waals surface area contributed by atoms with Gasteiger partial charge in [0.05, 0.1) is 13.2 Å². The Hall–Kier alpha value is -2.57. The SMILES string of the molecule is CCN(CC)C(=O)c1ccc(N(CCl)C(=O)OC(CCCCCCN=[N+]=[N-])S(=O)(=O)N2CCOCC2)cc1. The van der Waals surface area contributed by atoms with Crippen molar-refractivity contribution in [2.45, 2.75) is 51.4 Å². The van der Waals surface area contributed by atoms with Gasteiger partial charge in [-0.3, -0.25) is 9.69 Å². The maximum atomic E-state index is 13.4. The second-order valence-corrected chi connectivity index (χ2v) is 10.9. The summed E-state index contributed by atoms with van der Waals surface area (Å²) in [6, 6.07) is 6.08. The van der Waals surface area contributed by atoms with Crippen LogP contribution in [-0.4, -0.2) is 87.0 Å². The van der Waals surface area contributed by atoms with Crippen molar-refractivity contribution < 1.29 is 27.5 Å². The Kier molecular flexibility index (Phi) is 13.7. The van der Waals surface area contributed by atoms with Crippen LogP contribution in [0.4, 0.5) is 10.5 Å². The number of carbonyl (C=O) groups is 2. The maximum absolute atomic E-state index is 13.4. The Bertz CT molecular complexity index is 1040. The highest BCUT2D eigenvalue weighted by Gasteiger charge is 2.36. The molecule has 0 spiro atoms. The lowest BCUT2D eigenvalue weighted by molar-refractivity contribution is 0.0683. The standard InChI is InChI=1S/C24H37ClN6O6S/c1-3-29(4-2)23(32)20-10-12-21(13-11-20)31(19-25)24(33)37-22(9-7-5-6-8-14-27-28-26)38(34,35)30-15-17-36-18-16-30/h10-13,22H,3-9,14-19H2,1-2H3. The van der Waals surface area contributed by atoms with Crippen LogP contribution in [0.15, 0.2) is 29.4 Å². The normalized spacial score (nSPS) is 14.8. The highest BCUT2D eigenvalue weighted by Crippen LogP contribution is 2.23. The van der Waals surface area contributed by atoms with Crippen molar-refractivity contribution in [2.75, 3.05) is 56.8 Å². The summed E-state index contributed by atoms with van der Waals surface area (Å²) < 4.78 is 38.8. The molecule has 0 radical (unpaired) electrons. The van der Waals surface area contributed by atoms with E-state index in [1.165, 1.54) is 4.31 Å². The molecule has 2 amide bonds. The number of nitrogens with zero attached hydrogens (tertiary/aromatic N) is 6. The fraction of sp³-hybridized carbons (Fsp3) is 0.667. The lowest BCUT2D eigenvalue weighted by Gasteiger charge is -2.31. The Morgan fingerprint density at radius 3 is 2.34 bits per heavy atom. The van der Waals surface area contributed by atoms with Crippen molar-refractivity contribution in [2.24, 2.45) is 5.11 Å². The van der Waals surface area contributed by atoms with Gasteiger partial charge in [0.2, 0.25) is 5.44 Å². The molecule has 1 heterocycles. The average molecular weight is 573 g/mol. The number of alkyl halides is 1. The summed E-state index contributed by atoms with van der Waals surface area (Å²) in [7, 11) is -3.95. The Balaban J connectivity index is 2.14. The van der Waals surface area contributed by atoms with E-state index >= 15 is 0 Å². The van der Waals surface area contributed by atoms with Crippen LogP contribution >= 0.6 is 11.6 Å². The fourth-order valence-electron chi connectivity index (χ4n) is 4.00. The molecule has 1 atom stereocenters. The van der Waals surface area contributed by atoms with Crippen molar-refractivity contribution >= 4 is 39.3 Å². The van der Waals surface area contributed by atoms with Gasteiger partial charge in [-0.2, -0.15) is 4.31 Å². The van der Waals surface area contributed by atoms with E-state index in [0.29, 0.717) is 50.1 Å². The third kappa shape index (κ3) is 9.02. The van der Waals surface area contributed by atoms with Crippen molar-refractivity contribution in [3.8, 4) is 0 Å². The minimum atomic E-state index is -3.95. The molecule has 12 nitrogen and oxygen atoms in total. The number of anilines is 1. The summed E-state index contributed by atoms with van der Waals surface area (Å²) in [4.78, 5) is 31.2. The van der Waals surface area contributed by atoms with Gasteiger partial charge < -0.3 is 14.4 Å². The van der Waals surface area contributed by atoms with Crippen LogP contribution in [0.25, 0.3) is 10.4 Å². The van der Waals surface area contributed by atoms with E-state index < -0.39 is 21.6 Å². The highest BCUT2D eigenvalue weighted by molar-refractivity contribution is 7.89. The summed E-state index contributed by atoms with van der Waals surface area (Å²) in [5, 5.41) is 3.49. The maximum Gasteiger partial charge on any atom is 0.416 e. The number of rotatable bonds is 15. The van der Waals surface area contributed by atoms with E-state index in [9.17, 15) is 18.0 Å². The molecule has 0 bridgehead atoms. The third-order valence-corrected chi connectivity index (χ3v) is 8.54. The third-order valence-electron chi connectivity index (χ3n) is 6.22. The summed E-state index contributed by atoms with van der Waals surface area (Å²) in [5.74, 6) is -0.127. The molecule has 14 heteroatoms. The van der Waals surface area contributed by atoms with Crippen LogP contribution in [-0.2, 0) is 19.5 Å². The molecule has 1 aliphatic rings. The van der Waals surface area contributed by atoms with Crippen molar-refractivity contribution in [1.29, 1.82) is 0 Å². The number of halogens is 1. The smallest absolute Gasteiger partial charge is 0.416 e. The topological polar surface area (TPSA) is 145 Å². The lowest BCUT2D eigenvalue weighted by Crippen LogP contribution is -2.47. The number of unbranched alkanes of at least 4 members (excludes halogenated alkanes) is 3. The molecule has 1 aromatic rings. The quantitative estimate of drug-likeness (QED) is 0.0752. The Labute approximate surface area is 229 Å².